The third-order valence-corrected chi connectivity index (χ3v) is 2.95. The van der Waals surface area contributed by atoms with Crippen molar-refractivity contribution in [3.8, 4) is 0 Å². The molecular weight excluding hydrogens is 198 g/mol. The first-order chi connectivity index (χ1) is 6.63. The summed E-state index contributed by atoms with van der Waals surface area (Å²) in [6.07, 6.45) is 0. The lowest BCUT2D eigenvalue weighted by molar-refractivity contribution is 0.0940. The first-order valence-corrected chi connectivity index (χ1v) is 5.34. The number of aliphatic hydroxyl groups excluding tert-OH is 1. The first-order valence-electron chi connectivity index (χ1n) is 4.52. The first kappa shape index (κ1) is 11.4. The molecule has 0 bridgehead atoms. The molecule has 0 aromatic carbocycles. The summed E-state index contributed by atoms with van der Waals surface area (Å²) in [5.41, 5.74) is 0. The number of likely N-dealkylation sites (N-methyl/N-ethyl adjacent to an activating group) is 1. The number of hydrogen-bond donors (Lipinski definition) is 1. The average molecular weight is 213 g/mol. The van der Waals surface area contributed by atoms with Gasteiger partial charge in [-0.15, -0.1) is 11.3 Å². The van der Waals surface area contributed by atoms with Crippen molar-refractivity contribution >= 4 is 17.1 Å². The van der Waals surface area contributed by atoms with E-state index in [-0.39, 0.29) is 12.4 Å². The molecule has 0 spiro atoms. The van der Waals surface area contributed by atoms with Crippen molar-refractivity contribution in [1.29, 1.82) is 0 Å². The van der Waals surface area contributed by atoms with Crippen molar-refractivity contribution < 1.29 is 9.90 Å². The molecule has 4 heteroatoms. The van der Waals surface area contributed by atoms with Crippen LogP contribution in [0.25, 0.3) is 0 Å². The number of Topliss-reactive ketones (excluding diaryl/α,β-unsaturated/α-hetero) is 1. The summed E-state index contributed by atoms with van der Waals surface area (Å²) in [6, 6.07) is 3.80. The molecule has 0 saturated carbocycles. The molecule has 3 nitrogen and oxygen atoms in total. The van der Waals surface area contributed by atoms with E-state index in [1.165, 1.54) is 11.3 Å². The lowest BCUT2D eigenvalue weighted by Gasteiger charge is -2.12. The Morgan fingerprint density at radius 2 is 2.29 bits per heavy atom. The Morgan fingerprint density at radius 3 is 2.79 bits per heavy atom. The van der Waals surface area contributed by atoms with Gasteiger partial charge < -0.3 is 5.11 Å². The molecule has 1 aromatic heterocycles. The van der Waals surface area contributed by atoms with Crippen LogP contribution in [0.3, 0.4) is 0 Å². The Labute approximate surface area is 88.0 Å². The fourth-order valence-corrected chi connectivity index (χ4v) is 1.95. The van der Waals surface area contributed by atoms with E-state index in [1.807, 2.05) is 31.0 Å². The molecule has 0 atom stereocenters. The summed E-state index contributed by atoms with van der Waals surface area (Å²) in [5.74, 6) is 0.124. The molecule has 0 radical (unpaired) electrons. The van der Waals surface area contributed by atoms with E-state index in [4.69, 9.17) is 5.11 Å². The Kier molecular flexibility index (Phi) is 4.25. The molecule has 1 N–H and O–H groups in total. The highest BCUT2D eigenvalue weighted by Crippen LogP contribution is 2.15. The van der Waals surface area contributed by atoms with Gasteiger partial charge in [-0.1, -0.05) is 0 Å². The predicted molar refractivity (Wildman–Crippen MR) is 58.0 cm³/mol. The zero-order valence-corrected chi connectivity index (χ0v) is 9.30. The van der Waals surface area contributed by atoms with Gasteiger partial charge in [-0.05, 0) is 26.1 Å². The largest absolute Gasteiger partial charge is 0.395 e. The molecule has 78 valence electrons. The van der Waals surface area contributed by atoms with Crippen LogP contribution in [-0.2, 0) is 0 Å². The third kappa shape index (κ3) is 3.21. The number of rotatable bonds is 5. The predicted octanol–water partition coefficient (Wildman–Crippen LogP) is 1.16. The summed E-state index contributed by atoms with van der Waals surface area (Å²) in [6.45, 7) is 2.99. The van der Waals surface area contributed by atoms with Gasteiger partial charge >= 0.3 is 0 Å². The molecule has 0 amide bonds. The minimum atomic E-state index is 0.0905. The van der Waals surface area contributed by atoms with Crippen molar-refractivity contribution in [2.75, 3.05) is 26.7 Å². The van der Waals surface area contributed by atoms with Gasteiger partial charge in [0.15, 0.2) is 5.78 Å². The highest BCUT2D eigenvalue weighted by molar-refractivity contribution is 7.14. The molecule has 1 heterocycles. The summed E-state index contributed by atoms with van der Waals surface area (Å²) >= 11 is 1.52. The summed E-state index contributed by atoms with van der Waals surface area (Å²) in [4.78, 5) is 15.4. The lowest BCUT2D eigenvalue weighted by Crippen LogP contribution is -2.28. The van der Waals surface area contributed by atoms with Gasteiger partial charge in [0.2, 0.25) is 0 Å². The Bertz CT molecular complexity index is 309. The summed E-state index contributed by atoms with van der Waals surface area (Å²) in [7, 11) is 1.83. The van der Waals surface area contributed by atoms with Crippen molar-refractivity contribution in [1.82, 2.24) is 4.90 Å². The zero-order valence-electron chi connectivity index (χ0n) is 8.49. The summed E-state index contributed by atoms with van der Waals surface area (Å²) in [5, 5.41) is 8.67. The Balaban J connectivity index is 2.50. The molecule has 1 rings (SSSR count). The highest BCUT2D eigenvalue weighted by Gasteiger charge is 2.10. The van der Waals surface area contributed by atoms with E-state index in [1.54, 1.807) is 0 Å². The van der Waals surface area contributed by atoms with E-state index in [0.29, 0.717) is 13.1 Å². The molecule has 0 aliphatic carbocycles. The Morgan fingerprint density at radius 1 is 1.57 bits per heavy atom. The van der Waals surface area contributed by atoms with Crippen molar-refractivity contribution in [3.63, 3.8) is 0 Å². The molecule has 1 aromatic rings. The van der Waals surface area contributed by atoms with E-state index in [0.717, 1.165) is 9.75 Å². The molecule has 0 aliphatic rings. The van der Waals surface area contributed by atoms with Crippen LogP contribution < -0.4 is 0 Å². The normalized spacial score (nSPS) is 10.9. The van der Waals surface area contributed by atoms with Gasteiger partial charge in [0.05, 0.1) is 18.0 Å². The fourth-order valence-electron chi connectivity index (χ4n) is 1.16. The van der Waals surface area contributed by atoms with Gasteiger partial charge in [0.25, 0.3) is 0 Å². The monoisotopic (exact) mass is 213 g/mol. The number of hydrogen-bond acceptors (Lipinski definition) is 4. The fraction of sp³-hybridized carbons (Fsp3) is 0.500. The van der Waals surface area contributed by atoms with Crippen molar-refractivity contribution in [2.24, 2.45) is 0 Å². The van der Waals surface area contributed by atoms with E-state index >= 15 is 0 Å². The maximum Gasteiger partial charge on any atom is 0.186 e. The highest BCUT2D eigenvalue weighted by atomic mass is 32.1. The van der Waals surface area contributed by atoms with Crippen LogP contribution in [0.2, 0.25) is 0 Å². The van der Waals surface area contributed by atoms with Gasteiger partial charge in [0.1, 0.15) is 0 Å². The minimum Gasteiger partial charge on any atom is -0.395 e. The van der Waals surface area contributed by atoms with E-state index in [2.05, 4.69) is 0 Å². The molecule has 0 saturated heterocycles. The molecular formula is C10H15NO2S. The van der Waals surface area contributed by atoms with Gasteiger partial charge in [-0.3, -0.25) is 9.69 Å². The van der Waals surface area contributed by atoms with E-state index < -0.39 is 0 Å². The second-order valence-electron chi connectivity index (χ2n) is 3.29. The minimum absolute atomic E-state index is 0.0905. The number of carbonyl (C=O) groups is 1. The van der Waals surface area contributed by atoms with Gasteiger partial charge in [-0.25, -0.2) is 0 Å². The average Bonchev–Trinajstić information content (AvgIpc) is 2.52. The van der Waals surface area contributed by atoms with Crippen LogP contribution in [0.5, 0.6) is 0 Å². The van der Waals surface area contributed by atoms with E-state index in [9.17, 15) is 4.79 Å². The topological polar surface area (TPSA) is 40.5 Å². The van der Waals surface area contributed by atoms with Crippen LogP contribution >= 0.6 is 11.3 Å². The number of aliphatic hydroxyl groups is 1. The standard InChI is InChI=1S/C10H15NO2S/c1-8-3-4-10(14-8)9(13)7-11(2)5-6-12/h3-4,12H,5-7H2,1-2H3. The molecule has 14 heavy (non-hydrogen) atoms. The van der Waals surface area contributed by atoms with Crippen LogP contribution in [0.4, 0.5) is 0 Å². The maximum atomic E-state index is 11.6. The Hall–Kier alpha value is -0.710. The van der Waals surface area contributed by atoms with Crippen LogP contribution in [0, 0.1) is 6.92 Å². The molecule has 0 unspecified atom stereocenters. The smallest absolute Gasteiger partial charge is 0.186 e. The molecule has 0 fully saturated rings. The number of carbonyl (C=O) groups excluding carboxylic acids is 1. The lowest BCUT2D eigenvalue weighted by atomic mass is 10.3. The molecule has 0 aliphatic heterocycles. The SMILES string of the molecule is Cc1ccc(C(=O)CN(C)CCO)s1. The summed E-state index contributed by atoms with van der Waals surface area (Å²) < 4.78 is 0. The van der Waals surface area contributed by atoms with Crippen LogP contribution in [0.15, 0.2) is 12.1 Å². The second-order valence-corrected chi connectivity index (χ2v) is 4.58. The van der Waals surface area contributed by atoms with Crippen molar-refractivity contribution in [2.45, 2.75) is 6.92 Å². The van der Waals surface area contributed by atoms with Crippen LogP contribution in [0.1, 0.15) is 14.5 Å². The third-order valence-electron chi connectivity index (χ3n) is 1.91. The zero-order chi connectivity index (χ0) is 10.6. The number of nitrogens with zero attached hydrogens (tertiary/aromatic N) is 1. The second kappa shape index (κ2) is 5.24. The number of ketones is 1. The number of aryl methyl sites for hydroxylation is 1. The van der Waals surface area contributed by atoms with Gasteiger partial charge in [0, 0.05) is 11.4 Å². The van der Waals surface area contributed by atoms with Crippen LogP contribution in [-0.4, -0.2) is 42.5 Å². The maximum absolute atomic E-state index is 11.6. The number of thiophene rings is 1. The quantitative estimate of drug-likeness (QED) is 0.746. The van der Waals surface area contributed by atoms with Crippen molar-refractivity contribution in [3.05, 3.63) is 21.9 Å². The van der Waals surface area contributed by atoms with Gasteiger partial charge in [-0.2, -0.15) is 0 Å².